The van der Waals surface area contributed by atoms with Crippen molar-refractivity contribution < 1.29 is 4.79 Å². The van der Waals surface area contributed by atoms with Crippen molar-refractivity contribution in [2.45, 2.75) is 25.4 Å². The van der Waals surface area contributed by atoms with E-state index >= 15 is 0 Å². The number of amides is 1. The fourth-order valence-corrected chi connectivity index (χ4v) is 3.14. The van der Waals surface area contributed by atoms with Crippen molar-refractivity contribution in [3.63, 3.8) is 0 Å². The van der Waals surface area contributed by atoms with Crippen LogP contribution in [0.25, 0.3) is 11.4 Å². The summed E-state index contributed by atoms with van der Waals surface area (Å²) in [5, 5.41) is 12.4. The number of hydrogen-bond donors (Lipinski definition) is 0. The van der Waals surface area contributed by atoms with E-state index in [2.05, 4.69) is 25.0 Å². The van der Waals surface area contributed by atoms with Gasteiger partial charge in [0.05, 0.1) is 12.4 Å². The van der Waals surface area contributed by atoms with Gasteiger partial charge in [0, 0.05) is 31.0 Å². The second-order valence-electron chi connectivity index (χ2n) is 6.16. The number of carbonyl (C=O) groups is 1. The molecule has 1 unspecified atom stereocenters. The minimum atomic E-state index is 0.0156. The quantitative estimate of drug-likeness (QED) is 0.719. The molecule has 4 rings (SSSR count). The highest BCUT2D eigenvalue weighted by Crippen LogP contribution is 2.21. The van der Waals surface area contributed by atoms with Crippen LogP contribution in [0.3, 0.4) is 0 Å². The standard InChI is InChI=1S/C17H19N7O/c25-16(22-9-4-7-15(11-22)23-10-8-18-13-23)12-24-20-17(19-21-24)14-5-2-1-3-6-14/h1-3,5-6,8,10,13,15H,4,7,9,11-12H2. The van der Waals surface area contributed by atoms with E-state index in [9.17, 15) is 4.79 Å². The maximum atomic E-state index is 12.6. The number of hydrogen-bond acceptors (Lipinski definition) is 5. The molecule has 0 saturated carbocycles. The Kier molecular flexibility index (Phi) is 4.24. The number of aromatic nitrogens is 6. The fraction of sp³-hybridized carbons (Fsp3) is 0.353. The molecule has 3 aromatic rings. The van der Waals surface area contributed by atoms with Crippen molar-refractivity contribution in [2.75, 3.05) is 13.1 Å². The molecule has 1 aliphatic rings. The Hall–Kier alpha value is -3.03. The third-order valence-corrected chi connectivity index (χ3v) is 4.46. The van der Waals surface area contributed by atoms with Gasteiger partial charge in [-0.25, -0.2) is 4.98 Å². The van der Waals surface area contributed by atoms with Crippen molar-refractivity contribution in [1.29, 1.82) is 0 Å². The van der Waals surface area contributed by atoms with Crippen LogP contribution in [0.15, 0.2) is 49.1 Å². The number of carbonyl (C=O) groups excluding carboxylic acids is 1. The molecule has 1 aromatic carbocycles. The molecule has 0 aliphatic carbocycles. The van der Waals surface area contributed by atoms with Crippen molar-refractivity contribution >= 4 is 5.91 Å². The maximum Gasteiger partial charge on any atom is 0.246 e. The Balaban J connectivity index is 1.41. The second kappa shape index (κ2) is 6.84. The first kappa shape index (κ1) is 15.5. The SMILES string of the molecule is O=C(Cn1nnc(-c2ccccc2)n1)N1CCCC(n2ccnc2)C1. The summed E-state index contributed by atoms with van der Waals surface area (Å²) < 4.78 is 2.07. The number of piperidine rings is 1. The van der Waals surface area contributed by atoms with E-state index in [1.807, 2.05) is 47.8 Å². The van der Waals surface area contributed by atoms with Gasteiger partial charge in [-0.3, -0.25) is 4.79 Å². The van der Waals surface area contributed by atoms with Crippen molar-refractivity contribution in [2.24, 2.45) is 0 Å². The highest BCUT2D eigenvalue weighted by Gasteiger charge is 2.25. The zero-order valence-electron chi connectivity index (χ0n) is 13.8. The number of nitrogens with zero attached hydrogens (tertiary/aromatic N) is 7. The summed E-state index contributed by atoms with van der Waals surface area (Å²) in [5.74, 6) is 0.546. The smallest absolute Gasteiger partial charge is 0.246 e. The van der Waals surface area contributed by atoms with Crippen LogP contribution in [0.5, 0.6) is 0 Å². The van der Waals surface area contributed by atoms with Crippen LogP contribution in [0.2, 0.25) is 0 Å². The second-order valence-corrected chi connectivity index (χ2v) is 6.16. The molecule has 8 heteroatoms. The zero-order valence-corrected chi connectivity index (χ0v) is 13.8. The van der Waals surface area contributed by atoms with Gasteiger partial charge in [-0.05, 0) is 18.1 Å². The topological polar surface area (TPSA) is 81.7 Å². The molecule has 0 bridgehead atoms. The number of likely N-dealkylation sites (tertiary alicyclic amines) is 1. The van der Waals surface area contributed by atoms with Gasteiger partial charge < -0.3 is 9.47 Å². The van der Waals surface area contributed by atoms with Gasteiger partial charge in [0.1, 0.15) is 6.54 Å². The Morgan fingerprint density at radius 2 is 2.12 bits per heavy atom. The van der Waals surface area contributed by atoms with Crippen LogP contribution >= 0.6 is 0 Å². The summed E-state index contributed by atoms with van der Waals surface area (Å²) in [6, 6.07) is 9.90. The largest absolute Gasteiger partial charge is 0.339 e. The van der Waals surface area contributed by atoms with Crippen molar-refractivity contribution in [3.8, 4) is 11.4 Å². The van der Waals surface area contributed by atoms with Gasteiger partial charge in [-0.15, -0.1) is 10.2 Å². The highest BCUT2D eigenvalue weighted by atomic mass is 16.2. The summed E-state index contributed by atoms with van der Waals surface area (Å²) in [6.07, 6.45) is 7.56. The van der Waals surface area contributed by atoms with Gasteiger partial charge in [0.25, 0.3) is 0 Å². The molecule has 1 fully saturated rings. The zero-order chi connectivity index (χ0) is 17.1. The molecule has 0 radical (unpaired) electrons. The molecule has 25 heavy (non-hydrogen) atoms. The lowest BCUT2D eigenvalue weighted by Crippen LogP contribution is -2.42. The number of rotatable bonds is 4. The Morgan fingerprint density at radius 3 is 2.92 bits per heavy atom. The van der Waals surface area contributed by atoms with E-state index in [4.69, 9.17) is 0 Å². The van der Waals surface area contributed by atoms with Crippen LogP contribution in [0.4, 0.5) is 0 Å². The first-order valence-electron chi connectivity index (χ1n) is 8.38. The van der Waals surface area contributed by atoms with Crippen LogP contribution in [0.1, 0.15) is 18.9 Å². The Labute approximate surface area is 145 Å². The van der Waals surface area contributed by atoms with Crippen LogP contribution < -0.4 is 0 Å². The lowest BCUT2D eigenvalue weighted by atomic mass is 10.1. The first-order chi connectivity index (χ1) is 12.3. The summed E-state index contributed by atoms with van der Waals surface area (Å²) in [7, 11) is 0. The van der Waals surface area contributed by atoms with Crippen LogP contribution in [-0.2, 0) is 11.3 Å². The Morgan fingerprint density at radius 1 is 1.24 bits per heavy atom. The molecule has 2 aromatic heterocycles. The normalized spacial score (nSPS) is 17.6. The van der Waals surface area contributed by atoms with E-state index in [1.54, 1.807) is 6.20 Å². The molecule has 8 nitrogen and oxygen atoms in total. The molecule has 128 valence electrons. The van der Waals surface area contributed by atoms with E-state index in [-0.39, 0.29) is 18.5 Å². The van der Waals surface area contributed by atoms with E-state index < -0.39 is 0 Å². The average Bonchev–Trinajstić information content (AvgIpc) is 3.35. The third kappa shape index (κ3) is 3.42. The summed E-state index contributed by atoms with van der Waals surface area (Å²) >= 11 is 0. The van der Waals surface area contributed by atoms with Gasteiger partial charge in [-0.2, -0.15) is 4.80 Å². The number of tetrazole rings is 1. The molecular weight excluding hydrogens is 318 g/mol. The van der Waals surface area contributed by atoms with Crippen molar-refractivity contribution in [3.05, 3.63) is 49.1 Å². The molecule has 1 saturated heterocycles. The van der Waals surface area contributed by atoms with Crippen molar-refractivity contribution in [1.82, 2.24) is 34.7 Å². The molecule has 1 amide bonds. The summed E-state index contributed by atoms with van der Waals surface area (Å²) in [4.78, 5) is 19.9. The predicted octanol–water partition coefficient (Wildman–Crippen LogP) is 1.40. The summed E-state index contributed by atoms with van der Waals surface area (Å²) in [5.41, 5.74) is 0.888. The van der Waals surface area contributed by atoms with Gasteiger partial charge in [0.2, 0.25) is 11.7 Å². The van der Waals surface area contributed by atoms with Gasteiger partial charge in [0.15, 0.2) is 0 Å². The minimum Gasteiger partial charge on any atom is -0.339 e. The predicted molar refractivity (Wildman–Crippen MR) is 90.3 cm³/mol. The Bertz CT molecular complexity index is 828. The molecular formula is C17H19N7O. The summed E-state index contributed by atoms with van der Waals surface area (Å²) in [6.45, 7) is 1.57. The lowest BCUT2D eigenvalue weighted by Gasteiger charge is -2.33. The molecule has 0 N–H and O–H groups in total. The monoisotopic (exact) mass is 337 g/mol. The molecule has 1 atom stereocenters. The van der Waals surface area contributed by atoms with E-state index in [1.165, 1.54) is 4.80 Å². The van der Waals surface area contributed by atoms with Gasteiger partial charge >= 0.3 is 0 Å². The maximum absolute atomic E-state index is 12.6. The van der Waals surface area contributed by atoms with E-state index in [0.29, 0.717) is 12.4 Å². The number of imidazole rings is 1. The highest BCUT2D eigenvalue weighted by molar-refractivity contribution is 5.76. The van der Waals surface area contributed by atoms with E-state index in [0.717, 1.165) is 24.9 Å². The average molecular weight is 337 g/mol. The van der Waals surface area contributed by atoms with Crippen LogP contribution in [-0.4, -0.2) is 53.7 Å². The molecule has 3 heterocycles. The molecule has 0 spiro atoms. The van der Waals surface area contributed by atoms with Gasteiger partial charge in [-0.1, -0.05) is 30.3 Å². The first-order valence-corrected chi connectivity index (χ1v) is 8.38. The fourth-order valence-electron chi connectivity index (χ4n) is 3.14. The number of benzene rings is 1. The minimum absolute atomic E-state index is 0.0156. The molecule has 1 aliphatic heterocycles. The van der Waals surface area contributed by atoms with Crippen LogP contribution in [0, 0.1) is 0 Å². The third-order valence-electron chi connectivity index (χ3n) is 4.46. The lowest BCUT2D eigenvalue weighted by molar-refractivity contribution is -0.133.